The lowest BCUT2D eigenvalue weighted by molar-refractivity contribution is -0.175. The van der Waals surface area contributed by atoms with E-state index in [0.717, 1.165) is 18.4 Å². The van der Waals surface area contributed by atoms with Crippen LogP contribution in [0.4, 0.5) is 0 Å². The fourth-order valence-corrected chi connectivity index (χ4v) is 4.22. The average Bonchev–Trinajstić information content (AvgIpc) is 2.26. The van der Waals surface area contributed by atoms with E-state index in [2.05, 4.69) is 39.6 Å². The summed E-state index contributed by atoms with van der Waals surface area (Å²) in [5, 5.41) is 0.283. The molecule has 1 heterocycles. The third-order valence-corrected chi connectivity index (χ3v) is 9.97. The standard InChI is InChI=1S/C15H26O2Si/c1-14(2,3)18(4,5)11-12-13(16)17-15(12)9-7-6-8-10-15/h11H,6-10H2,1-5H3/b12-11+. The Labute approximate surface area is 112 Å². The lowest BCUT2D eigenvalue weighted by Crippen LogP contribution is -2.53. The van der Waals surface area contributed by atoms with Crippen LogP contribution in [0.1, 0.15) is 52.9 Å². The molecule has 0 aromatic carbocycles. The monoisotopic (exact) mass is 266 g/mol. The van der Waals surface area contributed by atoms with Gasteiger partial charge in [0, 0.05) is 0 Å². The minimum atomic E-state index is -1.55. The van der Waals surface area contributed by atoms with Crippen LogP contribution in [0, 0.1) is 0 Å². The molecule has 0 amide bonds. The number of rotatable bonds is 1. The van der Waals surface area contributed by atoms with Gasteiger partial charge in [-0.05, 0) is 30.7 Å². The molecule has 2 nitrogen and oxygen atoms in total. The number of hydrogen-bond acceptors (Lipinski definition) is 2. The van der Waals surface area contributed by atoms with Crippen molar-refractivity contribution in [2.24, 2.45) is 0 Å². The summed E-state index contributed by atoms with van der Waals surface area (Å²) in [4.78, 5) is 11.8. The maximum absolute atomic E-state index is 11.8. The minimum Gasteiger partial charge on any atom is -0.450 e. The smallest absolute Gasteiger partial charge is 0.338 e. The van der Waals surface area contributed by atoms with Gasteiger partial charge in [0.2, 0.25) is 0 Å². The van der Waals surface area contributed by atoms with E-state index in [9.17, 15) is 4.79 Å². The molecule has 0 aromatic rings. The quantitative estimate of drug-likeness (QED) is 0.403. The fraction of sp³-hybridized carbons (Fsp3) is 0.800. The van der Waals surface area contributed by atoms with Gasteiger partial charge in [-0.3, -0.25) is 0 Å². The van der Waals surface area contributed by atoms with E-state index >= 15 is 0 Å². The van der Waals surface area contributed by atoms with Gasteiger partial charge in [0.25, 0.3) is 0 Å². The summed E-state index contributed by atoms with van der Waals surface area (Å²) >= 11 is 0. The molecule has 3 heteroatoms. The molecular weight excluding hydrogens is 240 g/mol. The van der Waals surface area contributed by atoms with Crippen LogP contribution in [0.2, 0.25) is 18.1 Å². The third kappa shape index (κ3) is 2.17. The van der Waals surface area contributed by atoms with E-state index in [1.807, 2.05) is 0 Å². The molecule has 18 heavy (non-hydrogen) atoms. The van der Waals surface area contributed by atoms with E-state index in [4.69, 9.17) is 4.74 Å². The van der Waals surface area contributed by atoms with Crippen LogP contribution >= 0.6 is 0 Å². The normalized spacial score (nSPS) is 26.1. The molecule has 1 aliphatic carbocycles. The van der Waals surface area contributed by atoms with Crippen molar-refractivity contribution in [3.8, 4) is 0 Å². The van der Waals surface area contributed by atoms with Crippen molar-refractivity contribution in [2.45, 2.75) is 76.6 Å². The van der Waals surface area contributed by atoms with Crippen LogP contribution in [0.3, 0.4) is 0 Å². The van der Waals surface area contributed by atoms with E-state index in [1.165, 1.54) is 19.3 Å². The average molecular weight is 266 g/mol. The van der Waals surface area contributed by atoms with Crippen LogP contribution < -0.4 is 0 Å². The van der Waals surface area contributed by atoms with Crippen LogP contribution in [0.15, 0.2) is 11.3 Å². The molecule has 0 aromatic heterocycles. The predicted octanol–water partition coefficient (Wildman–Crippen LogP) is 4.22. The van der Waals surface area contributed by atoms with Gasteiger partial charge < -0.3 is 4.74 Å². The summed E-state index contributed by atoms with van der Waals surface area (Å²) in [7, 11) is -1.55. The highest BCUT2D eigenvalue weighted by molar-refractivity contribution is 6.85. The second kappa shape index (κ2) is 4.22. The molecule has 1 aliphatic heterocycles. The van der Waals surface area contributed by atoms with Gasteiger partial charge in [0.05, 0.1) is 13.6 Å². The SMILES string of the molecule is CC(C)(C)[Si](C)(C)/C=C1\C(=O)OC12CCCCC2. The molecule has 102 valence electrons. The molecule has 0 N–H and O–H groups in total. The van der Waals surface area contributed by atoms with E-state index in [-0.39, 0.29) is 16.6 Å². The topological polar surface area (TPSA) is 26.3 Å². The molecule has 2 aliphatic rings. The van der Waals surface area contributed by atoms with Crippen molar-refractivity contribution in [1.82, 2.24) is 0 Å². The first-order valence-corrected chi connectivity index (χ1v) is 10.2. The number of carbonyl (C=O) groups is 1. The van der Waals surface area contributed by atoms with Gasteiger partial charge in [-0.15, -0.1) is 0 Å². The van der Waals surface area contributed by atoms with Crippen molar-refractivity contribution < 1.29 is 9.53 Å². The third-order valence-electron chi connectivity index (χ3n) is 5.10. The van der Waals surface area contributed by atoms with Crippen LogP contribution in [0.5, 0.6) is 0 Å². The molecule has 1 saturated carbocycles. The lowest BCUT2D eigenvalue weighted by Gasteiger charge is -2.47. The summed E-state index contributed by atoms with van der Waals surface area (Å²) in [5.41, 5.74) is 3.14. The van der Waals surface area contributed by atoms with Gasteiger partial charge in [-0.25, -0.2) is 4.79 Å². The molecule has 0 bridgehead atoms. The number of ether oxygens (including phenoxy) is 1. The van der Waals surface area contributed by atoms with E-state index in [0.29, 0.717) is 0 Å². The largest absolute Gasteiger partial charge is 0.450 e. The Morgan fingerprint density at radius 3 is 2.17 bits per heavy atom. The molecule has 0 radical (unpaired) electrons. The first-order valence-electron chi connectivity index (χ1n) is 7.15. The highest BCUT2D eigenvalue weighted by Crippen LogP contribution is 2.48. The molecule has 2 fully saturated rings. The van der Waals surface area contributed by atoms with Crippen molar-refractivity contribution >= 4 is 14.0 Å². The molecule has 1 spiro atoms. The minimum absolute atomic E-state index is 0.0540. The van der Waals surface area contributed by atoms with Crippen molar-refractivity contribution in [3.05, 3.63) is 11.3 Å². The summed E-state index contributed by atoms with van der Waals surface area (Å²) in [6.07, 6.45) is 5.76. The lowest BCUT2D eigenvalue weighted by atomic mass is 9.76. The van der Waals surface area contributed by atoms with E-state index < -0.39 is 8.07 Å². The zero-order valence-electron chi connectivity index (χ0n) is 12.4. The zero-order chi connectivity index (χ0) is 13.6. The second-order valence-corrected chi connectivity index (χ2v) is 12.7. The fourth-order valence-electron chi connectivity index (χ4n) is 2.69. The Morgan fingerprint density at radius 1 is 1.17 bits per heavy atom. The zero-order valence-corrected chi connectivity index (χ0v) is 13.4. The molecule has 1 saturated heterocycles. The first kappa shape index (κ1) is 13.8. The van der Waals surface area contributed by atoms with Crippen LogP contribution in [0.25, 0.3) is 0 Å². The Morgan fingerprint density at radius 2 is 1.72 bits per heavy atom. The van der Waals surface area contributed by atoms with Gasteiger partial charge in [-0.2, -0.15) is 0 Å². The molecule has 0 atom stereocenters. The maximum Gasteiger partial charge on any atom is 0.338 e. The Hall–Kier alpha value is -0.573. The summed E-state index contributed by atoms with van der Waals surface area (Å²) in [5.74, 6) is -0.0540. The number of hydrogen-bond donors (Lipinski definition) is 0. The summed E-state index contributed by atoms with van der Waals surface area (Å²) in [6, 6.07) is 0. The van der Waals surface area contributed by atoms with Gasteiger partial charge in [-0.1, -0.05) is 46.0 Å². The van der Waals surface area contributed by atoms with E-state index in [1.54, 1.807) is 0 Å². The Kier molecular flexibility index (Phi) is 3.25. The van der Waals surface area contributed by atoms with Gasteiger partial charge >= 0.3 is 5.97 Å². The van der Waals surface area contributed by atoms with Gasteiger partial charge in [0.1, 0.15) is 5.60 Å². The Balaban J connectivity index is 2.28. The molecule has 0 unspecified atom stereocenters. The maximum atomic E-state index is 11.8. The number of esters is 1. The second-order valence-electron chi connectivity index (χ2n) is 7.47. The molecule has 2 rings (SSSR count). The Bertz CT molecular complexity index is 382. The van der Waals surface area contributed by atoms with Crippen molar-refractivity contribution in [2.75, 3.05) is 0 Å². The first-order chi connectivity index (χ1) is 8.18. The number of carbonyl (C=O) groups excluding carboxylic acids is 1. The van der Waals surface area contributed by atoms with Gasteiger partial charge in [0.15, 0.2) is 0 Å². The summed E-state index contributed by atoms with van der Waals surface area (Å²) < 4.78 is 5.55. The van der Waals surface area contributed by atoms with Crippen LogP contribution in [-0.2, 0) is 9.53 Å². The van der Waals surface area contributed by atoms with Crippen molar-refractivity contribution in [1.29, 1.82) is 0 Å². The predicted molar refractivity (Wildman–Crippen MR) is 77.2 cm³/mol. The molecular formula is C15H26O2Si. The highest BCUT2D eigenvalue weighted by Gasteiger charge is 2.53. The van der Waals surface area contributed by atoms with Crippen molar-refractivity contribution in [3.63, 3.8) is 0 Å². The van der Waals surface area contributed by atoms with Crippen LogP contribution in [-0.4, -0.2) is 19.6 Å². The highest BCUT2D eigenvalue weighted by atomic mass is 28.3. The summed E-state index contributed by atoms with van der Waals surface area (Å²) in [6.45, 7) is 11.6.